The molecule has 2 aliphatic heterocycles. The van der Waals surface area contributed by atoms with Crippen LogP contribution in [0.2, 0.25) is 0 Å². The molecule has 22 heavy (non-hydrogen) atoms. The zero-order chi connectivity index (χ0) is 16.2. The lowest BCUT2D eigenvalue weighted by molar-refractivity contribution is -0.157. The number of carbonyl (C=O) groups is 1. The maximum absolute atomic E-state index is 12.1. The predicted octanol–water partition coefficient (Wildman–Crippen LogP) is 1.90. The average molecular weight is 312 g/mol. The highest BCUT2D eigenvalue weighted by atomic mass is 16.6. The third-order valence-corrected chi connectivity index (χ3v) is 4.60. The van der Waals surface area contributed by atoms with Crippen LogP contribution in [0, 0.1) is 0 Å². The first-order valence-electron chi connectivity index (χ1n) is 8.66. The Morgan fingerprint density at radius 2 is 1.95 bits per heavy atom. The second-order valence-corrected chi connectivity index (χ2v) is 7.43. The topological polar surface area (TPSA) is 42.0 Å². The summed E-state index contributed by atoms with van der Waals surface area (Å²) in [4.78, 5) is 16.9. The molecule has 2 fully saturated rings. The van der Waals surface area contributed by atoms with Gasteiger partial charge in [0.15, 0.2) is 0 Å². The zero-order valence-corrected chi connectivity index (χ0v) is 14.6. The first kappa shape index (κ1) is 17.7. The Morgan fingerprint density at radius 3 is 2.45 bits per heavy atom. The largest absolute Gasteiger partial charge is 0.459 e. The van der Waals surface area contributed by atoms with Gasteiger partial charge >= 0.3 is 5.97 Å². The van der Waals surface area contributed by atoms with E-state index in [9.17, 15) is 4.79 Å². The van der Waals surface area contributed by atoms with Crippen LogP contribution in [0.1, 0.15) is 47.0 Å². The summed E-state index contributed by atoms with van der Waals surface area (Å²) in [6, 6.07) is 1.11. The van der Waals surface area contributed by atoms with Gasteiger partial charge in [0.2, 0.25) is 0 Å². The van der Waals surface area contributed by atoms with Crippen molar-refractivity contribution in [1.29, 1.82) is 0 Å². The van der Waals surface area contributed by atoms with Crippen molar-refractivity contribution in [2.75, 3.05) is 39.4 Å². The van der Waals surface area contributed by atoms with Gasteiger partial charge in [-0.2, -0.15) is 0 Å². The lowest BCUT2D eigenvalue weighted by Crippen LogP contribution is -2.49. The van der Waals surface area contributed by atoms with Crippen molar-refractivity contribution in [2.45, 2.75) is 64.6 Å². The number of carbonyl (C=O) groups excluding carboxylic acids is 1. The third-order valence-electron chi connectivity index (χ3n) is 4.60. The highest BCUT2D eigenvalue weighted by Crippen LogP contribution is 2.22. The van der Waals surface area contributed by atoms with Crippen LogP contribution in [-0.2, 0) is 14.3 Å². The van der Waals surface area contributed by atoms with Crippen LogP contribution in [-0.4, -0.2) is 72.8 Å². The molecule has 0 radical (unpaired) electrons. The van der Waals surface area contributed by atoms with Gasteiger partial charge in [0.25, 0.3) is 0 Å². The zero-order valence-electron chi connectivity index (χ0n) is 14.6. The smallest absolute Gasteiger partial charge is 0.320 e. The quantitative estimate of drug-likeness (QED) is 0.725. The lowest BCUT2D eigenvalue weighted by atomic mass is 10.0. The second kappa shape index (κ2) is 7.75. The van der Waals surface area contributed by atoms with Crippen molar-refractivity contribution in [2.24, 2.45) is 0 Å². The minimum absolute atomic E-state index is 0.110. The summed E-state index contributed by atoms with van der Waals surface area (Å²) in [7, 11) is 0. The van der Waals surface area contributed by atoms with Gasteiger partial charge in [0.05, 0.1) is 13.2 Å². The monoisotopic (exact) mass is 312 g/mol. The Morgan fingerprint density at radius 1 is 1.27 bits per heavy atom. The summed E-state index contributed by atoms with van der Waals surface area (Å²) in [6.45, 7) is 13.2. The Bertz CT molecular complexity index is 353. The third kappa shape index (κ3) is 5.21. The molecule has 1 atom stereocenters. The molecule has 2 rings (SSSR count). The SMILES string of the molecule is CCN(CC(=O)OC(C)(C)C)C1CCN([C@@H]2CCOC2)CC1. The maximum Gasteiger partial charge on any atom is 0.320 e. The maximum atomic E-state index is 12.1. The molecule has 5 heteroatoms. The molecule has 0 aromatic heterocycles. The van der Waals surface area contributed by atoms with Gasteiger partial charge in [0, 0.05) is 31.8 Å². The normalized spacial score (nSPS) is 24.9. The highest BCUT2D eigenvalue weighted by molar-refractivity contribution is 5.72. The summed E-state index contributed by atoms with van der Waals surface area (Å²) in [5.74, 6) is -0.110. The Kier molecular flexibility index (Phi) is 6.24. The Balaban J connectivity index is 1.78. The predicted molar refractivity (Wildman–Crippen MR) is 86.9 cm³/mol. The van der Waals surface area contributed by atoms with Crippen LogP contribution in [0.15, 0.2) is 0 Å². The summed E-state index contributed by atoms with van der Waals surface area (Å²) in [5.41, 5.74) is -0.400. The molecule has 0 N–H and O–H groups in total. The number of nitrogens with zero attached hydrogens (tertiary/aromatic N) is 2. The minimum Gasteiger partial charge on any atom is -0.459 e. The molecule has 2 heterocycles. The molecular formula is C17H32N2O3. The fraction of sp³-hybridized carbons (Fsp3) is 0.941. The molecule has 0 aliphatic carbocycles. The Hall–Kier alpha value is -0.650. The molecule has 2 aliphatic rings. The fourth-order valence-electron chi connectivity index (χ4n) is 3.46. The van der Waals surface area contributed by atoms with Gasteiger partial charge in [-0.15, -0.1) is 0 Å². The van der Waals surface area contributed by atoms with E-state index in [4.69, 9.17) is 9.47 Å². The molecule has 0 aromatic carbocycles. The van der Waals surface area contributed by atoms with E-state index in [0.717, 1.165) is 45.7 Å². The number of ether oxygens (including phenoxy) is 2. The van der Waals surface area contributed by atoms with Gasteiger partial charge in [-0.1, -0.05) is 6.92 Å². The average Bonchev–Trinajstić information content (AvgIpc) is 2.97. The second-order valence-electron chi connectivity index (χ2n) is 7.43. The van der Waals surface area contributed by atoms with E-state index in [0.29, 0.717) is 18.6 Å². The van der Waals surface area contributed by atoms with E-state index in [1.54, 1.807) is 0 Å². The van der Waals surface area contributed by atoms with Crippen molar-refractivity contribution in [1.82, 2.24) is 9.80 Å². The van der Waals surface area contributed by atoms with Crippen LogP contribution in [0.3, 0.4) is 0 Å². The van der Waals surface area contributed by atoms with Crippen molar-refractivity contribution >= 4 is 5.97 Å². The van der Waals surface area contributed by atoms with E-state index in [-0.39, 0.29) is 5.97 Å². The molecular weight excluding hydrogens is 280 g/mol. The van der Waals surface area contributed by atoms with E-state index >= 15 is 0 Å². The summed E-state index contributed by atoms with van der Waals surface area (Å²) < 4.78 is 10.9. The molecule has 0 bridgehead atoms. The van der Waals surface area contributed by atoms with Crippen molar-refractivity contribution in [3.05, 3.63) is 0 Å². The molecule has 128 valence electrons. The standard InChI is InChI=1S/C17H32N2O3/c1-5-18(12-16(20)22-17(2,3)4)14-6-9-19(10-7-14)15-8-11-21-13-15/h14-15H,5-13H2,1-4H3/t15-/m1/s1. The van der Waals surface area contributed by atoms with Gasteiger partial charge in [-0.05, 0) is 46.6 Å². The number of hydrogen-bond donors (Lipinski definition) is 0. The fourth-order valence-corrected chi connectivity index (χ4v) is 3.46. The molecule has 5 nitrogen and oxygen atoms in total. The Labute approximate surface area is 134 Å². The summed E-state index contributed by atoms with van der Waals surface area (Å²) in [6.07, 6.45) is 3.43. The van der Waals surface area contributed by atoms with Crippen LogP contribution in [0.25, 0.3) is 0 Å². The number of rotatable bonds is 5. The highest BCUT2D eigenvalue weighted by Gasteiger charge is 2.30. The number of esters is 1. The number of piperidine rings is 1. The summed E-state index contributed by atoms with van der Waals surface area (Å²) >= 11 is 0. The van der Waals surface area contributed by atoms with Crippen molar-refractivity contribution < 1.29 is 14.3 Å². The van der Waals surface area contributed by atoms with E-state index < -0.39 is 5.60 Å². The molecule has 0 amide bonds. The van der Waals surface area contributed by atoms with E-state index in [1.807, 2.05) is 20.8 Å². The van der Waals surface area contributed by atoms with Crippen molar-refractivity contribution in [3.63, 3.8) is 0 Å². The first-order chi connectivity index (χ1) is 10.4. The van der Waals surface area contributed by atoms with E-state index in [1.165, 1.54) is 6.42 Å². The molecule has 0 saturated carbocycles. The number of hydrogen-bond acceptors (Lipinski definition) is 5. The van der Waals surface area contributed by atoms with Crippen LogP contribution >= 0.6 is 0 Å². The first-order valence-corrected chi connectivity index (χ1v) is 8.66. The van der Waals surface area contributed by atoms with E-state index in [2.05, 4.69) is 16.7 Å². The van der Waals surface area contributed by atoms with Gasteiger partial charge in [0.1, 0.15) is 5.60 Å². The molecule has 2 saturated heterocycles. The number of likely N-dealkylation sites (tertiary alicyclic amines) is 1. The molecule has 0 aromatic rings. The van der Waals surface area contributed by atoms with Crippen molar-refractivity contribution in [3.8, 4) is 0 Å². The van der Waals surface area contributed by atoms with Gasteiger partial charge < -0.3 is 9.47 Å². The molecule has 0 spiro atoms. The van der Waals surface area contributed by atoms with Crippen LogP contribution in [0.4, 0.5) is 0 Å². The van der Waals surface area contributed by atoms with Crippen LogP contribution < -0.4 is 0 Å². The van der Waals surface area contributed by atoms with Gasteiger partial charge in [-0.25, -0.2) is 0 Å². The van der Waals surface area contributed by atoms with Gasteiger partial charge in [-0.3, -0.25) is 14.6 Å². The molecule has 0 unspecified atom stereocenters. The summed E-state index contributed by atoms with van der Waals surface area (Å²) in [5, 5.41) is 0. The minimum atomic E-state index is -0.400. The number of likely N-dealkylation sites (N-methyl/N-ethyl adjacent to an activating group) is 1. The lowest BCUT2D eigenvalue weighted by Gasteiger charge is -2.39. The van der Waals surface area contributed by atoms with Crippen LogP contribution in [0.5, 0.6) is 0 Å².